The molecule has 0 heterocycles. The van der Waals surface area contributed by atoms with Crippen LogP contribution in [0, 0.1) is 0 Å². The Labute approximate surface area is 105 Å². The Morgan fingerprint density at radius 1 is 0.733 bits per heavy atom. The maximum Gasteiger partial charge on any atom is 0.0212 e. The predicted molar refractivity (Wildman–Crippen MR) is 74.8 cm³/mol. The summed E-state index contributed by atoms with van der Waals surface area (Å²) in [4.78, 5) is 0. The van der Waals surface area contributed by atoms with Gasteiger partial charge in [0.25, 0.3) is 0 Å². The molecule has 0 aromatic rings. The highest BCUT2D eigenvalue weighted by Gasteiger charge is 1.90. The molecule has 15 heavy (non-hydrogen) atoms. The highest BCUT2D eigenvalue weighted by atomic mass is 79.9. The van der Waals surface area contributed by atoms with E-state index in [0.29, 0.717) is 0 Å². The van der Waals surface area contributed by atoms with Crippen LogP contribution in [-0.2, 0) is 0 Å². The molecule has 0 radical (unpaired) electrons. The lowest BCUT2D eigenvalue weighted by atomic mass is 10.1. The minimum atomic E-state index is 1.00. The van der Waals surface area contributed by atoms with E-state index in [9.17, 15) is 0 Å². The van der Waals surface area contributed by atoms with Crippen LogP contribution in [0.5, 0.6) is 0 Å². The van der Waals surface area contributed by atoms with Gasteiger partial charge < -0.3 is 0 Å². The number of unbranched alkanes of at least 4 members (excludes halogenated alkanes) is 9. The van der Waals surface area contributed by atoms with Crippen LogP contribution in [0.1, 0.15) is 71.1 Å². The Hall–Kier alpha value is 0.220. The van der Waals surface area contributed by atoms with Gasteiger partial charge in [0.2, 0.25) is 0 Å². The van der Waals surface area contributed by atoms with Crippen molar-refractivity contribution >= 4 is 15.9 Å². The lowest BCUT2D eigenvalue weighted by Gasteiger charge is -2.00. The largest absolute Gasteiger partial charge is 0.0883 e. The molecule has 0 bridgehead atoms. The van der Waals surface area contributed by atoms with E-state index >= 15 is 0 Å². The molecule has 0 fully saturated rings. The number of hydrogen-bond acceptors (Lipinski definition) is 0. The van der Waals surface area contributed by atoms with E-state index in [4.69, 9.17) is 0 Å². The van der Waals surface area contributed by atoms with Gasteiger partial charge in [-0.1, -0.05) is 86.4 Å². The highest BCUT2D eigenvalue weighted by molar-refractivity contribution is 9.09. The monoisotopic (exact) mass is 274 g/mol. The van der Waals surface area contributed by atoms with Crippen molar-refractivity contribution in [2.45, 2.75) is 71.1 Å². The first-order valence-corrected chi connectivity index (χ1v) is 7.75. The number of allylic oxidation sites excluding steroid dienone is 2. The zero-order valence-corrected chi connectivity index (χ0v) is 11.9. The van der Waals surface area contributed by atoms with Gasteiger partial charge in [-0.2, -0.15) is 0 Å². The van der Waals surface area contributed by atoms with Gasteiger partial charge in [-0.05, 0) is 12.8 Å². The van der Waals surface area contributed by atoms with Crippen molar-refractivity contribution < 1.29 is 0 Å². The van der Waals surface area contributed by atoms with Gasteiger partial charge in [0.05, 0.1) is 0 Å². The summed E-state index contributed by atoms with van der Waals surface area (Å²) < 4.78 is 0. The fourth-order valence-electron chi connectivity index (χ4n) is 1.75. The Morgan fingerprint density at radius 2 is 1.27 bits per heavy atom. The third-order valence-corrected chi connectivity index (χ3v) is 3.10. The van der Waals surface area contributed by atoms with Crippen molar-refractivity contribution in [2.24, 2.45) is 0 Å². The van der Waals surface area contributed by atoms with Crippen molar-refractivity contribution in [3.05, 3.63) is 12.2 Å². The molecule has 0 aliphatic heterocycles. The molecule has 0 unspecified atom stereocenters. The van der Waals surface area contributed by atoms with E-state index in [1.807, 2.05) is 0 Å². The molecule has 0 aromatic heterocycles. The Morgan fingerprint density at radius 3 is 1.80 bits per heavy atom. The molecule has 1 heteroatoms. The minimum absolute atomic E-state index is 1.00. The molecule has 0 aliphatic carbocycles. The lowest BCUT2D eigenvalue weighted by Crippen LogP contribution is -1.80. The summed E-state index contributed by atoms with van der Waals surface area (Å²) in [6, 6.07) is 0. The molecule has 0 atom stereocenters. The van der Waals surface area contributed by atoms with Gasteiger partial charge >= 0.3 is 0 Å². The van der Waals surface area contributed by atoms with Crippen LogP contribution in [-0.4, -0.2) is 5.33 Å². The fraction of sp³-hybridized carbons (Fsp3) is 0.857. The average molecular weight is 275 g/mol. The lowest BCUT2D eigenvalue weighted by molar-refractivity contribution is 0.566. The molecule has 0 N–H and O–H groups in total. The SMILES string of the molecule is CCCCCCCCCCC/C=C/CBr. The molecule has 0 amide bonds. The third-order valence-electron chi connectivity index (χ3n) is 2.73. The Kier molecular flexibility index (Phi) is 14.4. The van der Waals surface area contributed by atoms with E-state index in [2.05, 4.69) is 35.0 Å². The topological polar surface area (TPSA) is 0 Å². The maximum atomic E-state index is 3.39. The van der Waals surface area contributed by atoms with Gasteiger partial charge in [-0.3, -0.25) is 0 Å². The minimum Gasteiger partial charge on any atom is -0.0883 e. The fourth-order valence-corrected chi connectivity index (χ4v) is 2.02. The number of rotatable bonds is 11. The molecule has 0 saturated heterocycles. The van der Waals surface area contributed by atoms with E-state index in [1.54, 1.807) is 0 Å². The second-order valence-electron chi connectivity index (χ2n) is 4.24. The second-order valence-corrected chi connectivity index (χ2v) is 4.89. The summed E-state index contributed by atoms with van der Waals surface area (Å²) in [6.07, 6.45) is 18.6. The molecule has 0 spiro atoms. The van der Waals surface area contributed by atoms with Crippen molar-refractivity contribution in [3.8, 4) is 0 Å². The van der Waals surface area contributed by atoms with E-state index in [1.165, 1.54) is 64.2 Å². The zero-order valence-electron chi connectivity index (χ0n) is 10.3. The van der Waals surface area contributed by atoms with Crippen LogP contribution in [0.25, 0.3) is 0 Å². The van der Waals surface area contributed by atoms with Gasteiger partial charge in [-0.25, -0.2) is 0 Å². The Bertz CT molecular complexity index is 129. The van der Waals surface area contributed by atoms with Gasteiger partial charge in [0, 0.05) is 5.33 Å². The van der Waals surface area contributed by atoms with Crippen molar-refractivity contribution in [1.29, 1.82) is 0 Å². The summed E-state index contributed by atoms with van der Waals surface area (Å²) in [7, 11) is 0. The first-order chi connectivity index (χ1) is 7.41. The van der Waals surface area contributed by atoms with Gasteiger partial charge in [0.1, 0.15) is 0 Å². The highest BCUT2D eigenvalue weighted by Crippen LogP contribution is 2.10. The number of halogens is 1. The summed E-state index contributed by atoms with van der Waals surface area (Å²) in [6.45, 7) is 2.28. The van der Waals surface area contributed by atoms with E-state index in [0.717, 1.165) is 5.33 Å². The molecular formula is C14H27Br. The van der Waals surface area contributed by atoms with E-state index in [-0.39, 0.29) is 0 Å². The molecule has 90 valence electrons. The first-order valence-electron chi connectivity index (χ1n) is 6.62. The van der Waals surface area contributed by atoms with Crippen molar-refractivity contribution in [3.63, 3.8) is 0 Å². The quantitative estimate of drug-likeness (QED) is 0.252. The molecule has 0 rings (SSSR count). The van der Waals surface area contributed by atoms with E-state index < -0.39 is 0 Å². The van der Waals surface area contributed by atoms with Crippen LogP contribution in [0.2, 0.25) is 0 Å². The van der Waals surface area contributed by atoms with Gasteiger partial charge in [-0.15, -0.1) is 0 Å². The van der Waals surface area contributed by atoms with Crippen LogP contribution in [0.15, 0.2) is 12.2 Å². The molecule has 0 aliphatic rings. The maximum absolute atomic E-state index is 3.39. The predicted octanol–water partition coefficient (Wildman–Crippen LogP) is 5.86. The van der Waals surface area contributed by atoms with Crippen LogP contribution in [0.4, 0.5) is 0 Å². The third kappa shape index (κ3) is 14.2. The summed E-state index contributed by atoms with van der Waals surface area (Å²) in [5.41, 5.74) is 0. The zero-order chi connectivity index (χ0) is 11.2. The molecule has 0 saturated carbocycles. The number of hydrogen-bond donors (Lipinski definition) is 0. The average Bonchev–Trinajstić information content (AvgIpc) is 2.26. The number of alkyl halides is 1. The van der Waals surface area contributed by atoms with Crippen molar-refractivity contribution in [1.82, 2.24) is 0 Å². The molecule has 0 aromatic carbocycles. The standard InChI is InChI=1S/C14H27Br/c1-2-3-4-5-6-7-8-9-10-11-12-13-14-15/h12-13H,2-11,14H2,1H3/b13-12+. The van der Waals surface area contributed by atoms with Gasteiger partial charge in [0.15, 0.2) is 0 Å². The van der Waals surface area contributed by atoms with Crippen LogP contribution in [0.3, 0.4) is 0 Å². The van der Waals surface area contributed by atoms with Crippen LogP contribution >= 0.6 is 15.9 Å². The molecular weight excluding hydrogens is 248 g/mol. The second kappa shape index (κ2) is 14.2. The summed E-state index contributed by atoms with van der Waals surface area (Å²) in [5, 5.41) is 1.00. The Balaban J connectivity index is 2.89. The van der Waals surface area contributed by atoms with Crippen LogP contribution < -0.4 is 0 Å². The first kappa shape index (κ1) is 15.2. The van der Waals surface area contributed by atoms with Crippen molar-refractivity contribution in [2.75, 3.05) is 5.33 Å². The molecule has 0 nitrogen and oxygen atoms in total. The smallest absolute Gasteiger partial charge is 0.0212 e. The summed E-state index contributed by atoms with van der Waals surface area (Å²) >= 11 is 3.39. The summed E-state index contributed by atoms with van der Waals surface area (Å²) in [5.74, 6) is 0. The normalized spacial score (nSPS) is 11.3.